The molecule has 5 rings (SSSR count). The molecule has 33 heavy (non-hydrogen) atoms. The Morgan fingerprint density at radius 2 is 1.94 bits per heavy atom. The van der Waals surface area contributed by atoms with E-state index in [4.69, 9.17) is 23.1 Å². The number of hydrogen-bond donors (Lipinski definition) is 4. The van der Waals surface area contributed by atoms with Gasteiger partial charge in [-0.2, -0.15) is 0 Å². The summed E-state index contributed by atoms with van der Waals surface area (Å²) in [7, 11) is 0. The van der Waals surface area contributed by atoms with Gasteiger partial charge in [0.25, 0.3) is 0 Å². The number of aryl methyl sites for hydroxylation is 1. The Balaban J connectivity index is 1.45. The van der Waals surface area contributed by atoms with Crippen molar-refractivity contribution in [2.75, 3.05) is 11.5 Å². The van der Waals surface area contributed by atoms with E-state index < -0.39 is 23.6 Å². The average molecular weight is 469 g/mol. The van der Waals surface area contributed by atoms with Crippen molar-refractivity contribution in [1.82, 2.24) is 19.5 Å². The Morgan fingerprint density at radius 1 is 1.15 bits per heavy atom. The van der Waals surface area contributed by atoms with E-state index in [-0.39, 0.29) is 10.8 Å². The number of pyridine rings is 1. The summed E-state index contributed by atoms with van der Waals surface area (Å²) in [4.78, 5) is 12.4. The molecule has 6 N–H and O–H groups in total. The maximum absolute atomic E-state index is 14.6. The molecular formula is C23H22ClFN6O2. The number of hydrogen-bond acceptors (Lipinski definition) is 7. The number of nitrogens with zero attached hydrogens (tertiary/aromatic N) is 4. The number of aliphatic hydroxyl groups excluding tert-OH is 1. The van der Waals surface area contributed by atoms with Gasteiger partial charge in [0, 0.05) is 11.6 Å². The lowest BCUT2D eigenvalue weighted by Gasteiger charge is -2.28. The third-order valence-electron chi connectivity index (χ3n) is 6.39. The summed E-state index contributed by atoms with van der Waals surface area (Å²) >= 11 is 5.96. The zero-order valence-electron chi connectivity index (χ0n) is 17.7. The molecule has 3 atom stereocenters. The van der Waals surface area contributed by atoms with Gasteiger partial charge in [0.15, 0.2) is 0 Å². The van der Waals surface area contributed by atoms with Crippen LogP contribution in [-0.2, 0) is 6.42 Å². The Morgan fingerprint density at radius 3 is 2.73 bits per heavy atom. The number of rotatable bonds is 4. The standard InChI is InChI=1S/C23H22ClFN6O2/c1-23(33)12(3-2-11-6-16(25)14-9-15(24)21(27)30-17(14)7-11)8-18(19(23)32)31-5-4-13-20(26)28-10-29-22(13)31/h4-10,18-19,32-33H,2-3H2,1H3,(H2,27,30)(H2,26,28,29)/t18?,19-,23?/m1/s1. The molecule has 1 aromatic carbocycles. The van der Waals surface area contributed by atoms with Gasteiger partial charge in [-0.3, -0.25) is 0 Å². The number of anilines is 2. The molecule has 3 aromatic heterocycles. The second kappa shape index (κ2) is 7.65. The number of aromatic nitrogens is 4. The van der Waals surface area contributed by atoms with Gasteiger partial charge >= 0.3 is 0 Å². The quantitative estimate of drug-likeness (QED) is 0.338. The maximum atomic E-state index is 14.6. The molecule has 1 aliphatic carbocycles. The Bertz CT molecular complexity index is 1430. The van der Waals surface area contributed by atoms with Gasteiger partial charge in [-0.15, -0.1) is 0 Å². The summed E-state index contributed by atoms with van der Waals surface area (Å²) in [5, 5.41) is 23.2. The van der Waals surface area contributed by atoms with E-state index in [0.717, 1.165) is 0 Å². The molecule has 3 heterocycles. The van der Waals surface area contributed by atoms with E-state index in [1.165, 1.54) is 18.5 Å². The summed E-state index contributed by atoms with van der Waals surface area (Å²) < 4.78 is 16.4. The molecule has 0 amide bonds. The molecule has 1 aliphatic rings. The molecule has 0 saturated carbocycles. The van der Waals surface area contributed by atoms with Crippen LogP contribution in [0.5, 0.6) is 0 Å². The van der Waals surface area contributed by atoms with Crippen LogP contribution in [-0.4, -0.2) is 41.4 Å². The van der Waals surface area contributed by atoms with Crippen LogP contribution < -0.4 is 11.5 Å². The van der Waals surface area contributed by atoms with Crippen LogP contribution in [0.3, 0.4) is 0 Å². The normalized spacial score (nSPS) is 22.9. The highest BCUT2D eigenvalue weighted by molar-refractivity contribution is 6.33. The smallest absolute Gasteiger partial charge is 0.146 e. The van der Waals surface area contributed by atoms with Crippen molar-refractivity contribution < 1.29 is 14.6 Å². The Kier molecular flexibility index (Phi) is 5.00. The zero-order chi connectivity index (χ0) is 23.5. The van der Waals surface area contributed by atoms with Gasteiger partial charge in [0.05, 0.1) is 22.0 Å². The fourth-order valence-electron chi connectivity index (χ4n) is 4.49. The second-order valence-corrected chi connectivity index (χ2v) is 8.90. The minimum Gasteiger partial charge on any atom is -0.387 e. The second-order valence-electron chi connectivity index (χ2n) is 8.49. The molecule has 170 valence electrons. The lowest BCUT2D eigenvalue weighted by Crippen LogP contribution is -2.40. The van der Waals surface area contributed by atoms with Crippen LogP contribution in [0.25, 0.3) is 21.9 Å². The summed E-state index contributed by atoms with van der Waals surface area (Å²) in [5.74, 6) is 0.0330. The van der Waals surface area contributed by atoms with Crippen LogP contribution in [0.1, 0.15) is 24.9 Å². The molecular weight excluding hydrogens is 447 g/mol. The van der Waals surface area contributed by atoms with Crippen molar-refractivity contribution in [1.29, 1.82) is 0 Å². The van der Waals surface area contributed by atoms with E-state index in [1.807, 2.05) is 6.08 Å². The third-order valence-corrected chi connectivity index (χ3v) is 6.69. The predicted octanol–water partition coefficient (Wildman–Crippen LogP) is 3.16. The summed E-state index contributed by atoms with van der Waals surface area (Å²) in [6.07, 6.45) is 4.69. The van der Waals surface area contributed by atoms with Crippen LogP contribution in [0.4, 0.5) is 16.0 Å². The Labute approximate surface area is 193 Å². The highest BCUT2D eigenvalue weighted by atomic mass is 35.5. The highest BCUT2D eigenvalue weighted by Crippen LogP contribution is 2.41. The monoisotopic (exact) mass is 468 g/mol. The lowest BCUT2D eigenvalue weighted by atomic mass is 9.90. The van der Waals surface area contributed by atoms with Gasteiger partial charge in [-0.25, -0.2) is 19.3 Å². The minimum atomic E-state index is -1.47. The van der Waals surface area contributed by atoms with E-state index in [0.29, 0.717) is 51.7 Å². The van der Waals surface area contributed by atoms with Crippen molar-refractivity contribution >= 4 is 45.2 Å². The first-order valence-corrected chi connectivity index (χ1v) is 10.8. The number of fused-ring (bicyclic) bond motifs is 2. The summed E-state index contributed by atoms with van der Waals surface area (Å²) in [6, 6.07) is 5.87. The van der Waals surface area contributed by atoms with Crippen LogP contribution in [0, 0.1) is 5.82 Å². The van der Waals surface area contributed by atoms with Crippen molar-refractivity contribution in [2.45, 2.75) is 37.5 Å². The first-order valence-electron chi connectivity index (χ1n) is 10.4. The van der Waals surface area contributed by atoms with E-state index >= 15 is 0 Å². The van der Waals surface area contributed by atoms with Crippen LogP contribution >= 0.6 is 11.6 Å². The van der Waals surface area contributed by atoms with Crippen molar-refractivity contribution in [2.24, 2.45) is 0 Å². The van der Waals surface area contributed by atoms with Gasteiger partial charge in [-0.05, 0) is 55.2 Å². The molecule has 0 bridgehead atoms. The van der Waals surface area contributed by atoms with Gasteiger partial charge < -0.3 is 26.2 Å². The average Bonchev–Trinajstić information content (AvgIpc) is 3.28. The molecule has 4 aromatic rings. The van der Waals surface area contributed by atoms with Crippen LogP contribution in [0.15, 0.2) is 48.4 Å². The fourth-order valence-corrected chi connectivity index (χ4v) is 4.64. The summed E-state index contributed by atoms with van der Waals surface area (Å²) in [5.41, 5.74) is 12.5. The van der Waals surface area contributed by atoms with Gasteiger partial charge in [-0.1, -0.05) is 17.7 Å². The van der Waals surface area contributed by atoms with Crippen LogP contribution in [0.2, 0.25) is 5.02 Å². The minimum absolute atomic E-state index is 0.136. The molecule has 10 heteroatoms. The number of benzene rings is 1. The van der Waals surface area contributed by atoms with E-state index in [2.05, 4.69) is 15.0 Å². The number of nitrogens with two attached hydrogens (primary N) is 2. The van der Waals surface area contributed by atoms with E-state index in [9.17, 15) is 14.6 Å². The number of aliphatic hydroxyl groups is 2. The first-order chi connectivity index (χ1) is 15.7. The van der Waals surface area contributed by atoms with Crippen molar-refractivity contribution in [3.05, 3.63) is 64.8 Å². The first kappa shape index (κ1) is 21.6. The van der Waals surface area contributed by atoms with Gasteiger partial charge in [0.1, 0.15) is 41.1 Å². The van der Waals surface area contributed by atoms with Crippen molar-refractivity contribution in [3.8, 4) is 0 Å². The maximum Gasteiger partial charge on any atom is 0.146 e. The molecule has 0 spiro atoms. The molecule has 2 unspecified atom stereocenters. The Hall–Kier alpha value is -3.27. The number of nitrogen functional groups attached to an aromatic ring is 2. The topological polar surface area (TPSA) is 136 Å². The number of halogens is 2. The lowest BCUT2D eigenvalue weighted by molar-refractivity contribution is -0.0393. The SMILES string of the molecule is CC1(O)C(CCc2cc(F)c3cc(Cl)c(N)nc3c2)=CC(n2ccc3c(N)ncnc32)[C@H]1O. The molecule has 0 fully saturated rings. The van der Waals surface area contributed by atoms with E-state index in [1.54, 1.807) is 29.8 Å². The largest absolute Gasteiger partial charge is 0.387 e. The molecule has 0 aliphatic heterocycles. The third kappa shape index (κ3) is 3.49. The highest BCUT2D eigenvalue weighted by Gasteiger charge is 2.45. The summed E-state index contributed by atoms with van der Waals surface area (Å²) in [6.45, 7) is 1.57. The fraction of sp³-hybridized carbons (Fsp3) is 0.261. The van der Waals surface area contributed by atoms with Gasteiger partial charge in [0.2, 0.25) is 0 Å². The predicted molar refractivity (Wildman–Crippen MR) is 125 cm³/mol. The molecule has 8 nitrogen and oxygen atoms in total. The van der Waals surface area contributed by atoms with Crippen molar-refractivity contribution in [3.63, 3.8) is 0 Å². The zero-order valence-corrected chi connectivity index (χ0v) is 18.5. The molecule has 0 saturated heterocycles. The molecule has 0 radical (unpaired) electrons.